The van der Waals surface area contributed by atoms with E-state index >= 15 is 0 Å². The van der Waals surface area contributed by atoms with E-state index in [-0.39, 0.29) is 23.9 Å². The molecule has 1 aliphatic heterocycles. The zero-order valence-electron chi connectivity index (χ0n) is 18.7. The number of anilines is 1. The van der Waals surface area contributed by atoms with Crippen LogP contribution >= 0.6 is 0 Å². The second-order valence-electron chi connectivity index (χ2n) is 7.79. The lowest BCUT2D eigenvalue weighted by Gasteiger charge is -2.39. The van der Waals surface area contributed by atoms with Gasteiger partial charge in [-0.05, 0) is 69.5 Å². The molecule has 7 heteroatoms. The van der Waals surface area contributed by atoms with E-state index < -0.39 is 0 Å². The second kappa shape index (κ2) is 9.73. The summed E-state index contributed by atoms with van der Waals surface area (Å²) in [4.78, 5) is 27.7. The van der Waals surface area contributed by atoms with E-state index in [0.29, 0.717) is 34.1 Å². The van der Waals surface area contributed by atoms with Crippen molar-refractivity contribution >= 4 is 17.5 Å². The fourth-order valence-electron chi connectivity index (χ4n) is 4.08. The predicted octanol–water partition coefficient (Wildman–Crippen LogP) is 4.37. The van der Waals surface area contributed by atoms with Gasteiger partial charge in [-0.2, -0.15) is 0 Å². The molecule has 2 aromatic carbocycles. The van der Waals surface area contributed by atoms with Crippen LogP contribution in [0.2, 0.25) is 0 Å². The minimum absolute atomic E-state index is 0.0298. The Hall–Kier alpha value is -3.22. The van der Waals surface area contributed by atoms with Crippen LogP contribution in [-0.2, 0) is 0 Å². The summed E-state index contributed by atoms with van der Waals surface area (Å²) in [7, 11) is 4.51. The third-order valence-corrected chi connectivity index (χ3v) is 5.74. The standard InChI is InChI=1S/C24H30N2O5/c1-15-7-6-8-16(2)26(15)24(28)17-9-11-19(12-10-17)25-23(27)18-13-20(29-3)22(31-5)21(14-18)30-4/h9-16H,6-8H2,1-5H3,(H,25,27). The summed E-state index contributed by atoms with van der Waals surface area (Å²) in [5.74, 6) is 0.930. The van der Waals surface area contributed by atoms with Gasteiger partial charge in [-0.25, -0.2) is 0 Å². The predicted molar refractivity (Wildman–Crippen MR) is 119 cm³/mol. The molecule has 166 valence electrons. The number of rotatable bonds is 6. The second-order valence-corrected chi connectivity index (χ2v) is 7.79. The Balaban J connectivity index is 1.75. The van der Waals surface area contributed by atoms with E-state index in [1.807, 2.05) is 4.90 Å². The van der Waals surface area contributed by atoms with Crippen LogP contribution in [0, 0.1) is 0 Å². The Labute approximate surface area is 183 Å². The zero-order valence-corrected chi connectivity index (χ0v) is 18.7. The summed E-state index contributed by atoms with van der Waals surface area (Å²) in [5.41, 5.74) is 1.58. The van der Waals surface area contributed by atoms with Crippen molar-refractivity contribution in [1.29, 1.82) is 0 Å². The van der Waals surface area contributed by atoms with Crippen LogP contribution in [0.15, 0.2) is 36.4 Å². The minimum Gasteiger partial charge on any atom is -0.493 e. The number of nitrogens with one attached hydrogen (secondary N) is 1. The van der Waals surface area contributed by atoms with Gasteiger partial charge in [0.15, 0.2) is 11.5 Å². The number of likely N-dealkylation sites (tertiary alicyclic amines) is 1. The topological polar surface area (TPSA) is 77.1 Å². The first-order valence-corrected chi connectivity index (χ1v) is 10.4. The molecule has 2 amide bonds. The Morgan fingerprint density at radius 1 is 0.871 bits per heavy atom. The first-order valence-electron chi connectivity index (χ1n) is 10.4. The lowest BCUT2D eigenvalue weighted by Crippen LogP contribution is -2.47. The molecule has 0 aliphatic carbocycles. The highest BCUT2D eigenvalue weighted by Gasteiger charge is 2.29. The van der Waals surface area contributed by atoms with Gasteiger partial charge in [0.1, 0.15) is 0 Å². The summed E-state index contributed by atoms with van der Waals surface area (Å²) < 4.78 is 15.9. The number of amides is 2. The highest BCUT2D eigenvalue weighted by Crippen LogP contribution is 2.38. The van der Waals surface area contributed by atoms with Gasteiger partial charge in [0, 0.05) is 28.9 Å². The quantitative estimate of drug-likeness (QED) is 0.742. The van der Waals surface area contributed by atoms with E-state index in [4.69, 9.17) is 14.2 Å². The molecule has 1 N–H and O–H groups in total. The minimum atomic E-state index is -0.323. The van der Waals surface area contributed by atoms with Crippen LogP contribution in [0.4, 0.5) is 5.69 Å². The average Bonchev–Trinajstić information content (AvgIpc) is 2.78. The molecule has 0 bridgehead atoms. The molecular weight excluding hydrogens is 396 g/mol. The first-order chi connectivity index (χ1) is 14.9. The molecule has 1 saturated heterocycles. The summed E-state index contributed by atoms with van der Waals surface area (Å²) in [5, 5.41) is 2.85. The number of hydrogen-bond donors (Lipinski definition) is 1. The van der Waals surface area contributed by atoms with Crippen molar-refractivity contribution in [3.63, 3.8) is 0 Å². The van der Waals surface area contributed by atoms with Gasteiger partial charge in [-0.3, -0.25) is 9.59 Å². The summed E-state index contributed by atoms with van der Waals surface area (Å²) in [6.07, 6.45) is 3.20. The molecule has 0 saturated carbocycles. The van der Waals surface area contributed by atoms with Crippen molar-refractivity contribution in [3.05, 3.63) is 47.5 Å². The van der Waals surface area contributed by atoms with E-state index in [2.05, 4.69) is 19.2 Å². The fraction of sp³-hybridized carbons (Fsp3) is 0.417. The molecule has 2 atom stereocenters. The maximum Gasteiger partial charge on any atom is 0.255 e. The van der Waals surface area contributed by atoms with Gasteiger partial charge in [-0.1, -0.05) is 0 Å². The van der Waals surface area contributed by atoms with Crippen LogP contribution in [0.25, 0.3) is 0 Å². The fourth-order valence-corrected chi connectivity index (χ4v) is 4.08. The van der Waals surface area contributed by atoms with E-state index in [0.717, 1.165) is 19.3 Å². The van der Waals surface area contributed by atoms with Gasteiger partial charge in [0.2, 0.25) is 5.75 Å². The smallest absolute Gasteiger partial charge is 0.255 e. The lowest BCUT2D eigenvalue weighted by molar-refractivity contribution is 0.0510. The molecule has 0 radical (unpaired) electrons. The number of benzene rings is 2. The van der Waals surface area contributed by atoms with Gasteiger partial charge in [0.05, 0.1) is 21.3 Å². The molecule has 1 heterocycles. The normalized spacial score (nSPS) is 18.3. The Bertz CT molecular complexity index is 906. The van der Waals surface area contributed by atoms with Crippen molar-refractivity contribution in [1.82, 2.24) is 4.90 Å². The highest BCUT2D eigenvalue weighted by molar-refractivity contribution is 6.05. The Morgan fingerprint density at radius 2 is 1.42 bits per heavy atom. The Kier molecular flexibility index (Phi) is 7.05. The first kappa shape index (κ1) is 22.5. The van der Waals surface area contributed by atoms with Gasteiger partial charge in [-0.15, -0.1) is 0 Å². The molecule has 0 spiro atoms. The molecule has 0 aromatic heterocycles. The molecule has 2 unspecified atom stereocenters. The highest BCUT2D eigenvalue weighted by atomic mass is 16.5. The monoisotopic (exact) mass is 426 g/mol. The van der Waals surface area contributed by atoms with Crippen molar-refractivity contribution in [2.24, 2.45) is 0 Å². The number of carbonyl (C=O) groups is 2. The Morgan fingerprint density at radius 3 is 1.90 bits per heavy atom. The van der Waals surface area contributed by atoms with E-state index in [1.165, 1.54) is 21.3 Å². The maximum atomic E-state index is 13.0. The number of carbonyl (C=O) groups excluding carboxylic acids is 2. The summed E-state index contributed by atoms with van der Waals surface area (Å²) >= 11 is 0. The third-order valence-electron chi connectivity index (χ3n) is 5.74. The van der Waals surface area contributed by atoms with Gasteiger partial charge in [0.25, 0.3) is 11.8 Å². The summed E-state index contributed by atoms with van der Waals surface area (Å²) in [6, 6.07) is 10.6. The van der Waals surface area contributed by atoms with Gasteiger partial charge >= 0.3 is 0 Å². The molecule has 3 rings (SSSR count). The molecule has 1 fully saturated rings. The number of hydrogen-bond acceptors (Lipinski definition) is 5. The maximum absolute atomic E-state index is 13.0. The van der Waals surface area contributed by atoms with Crippen molar-refractivity contribution in [2.75, 3.05) is 26.6 Å². The number of nitrogens with zero attached hydrogens (tertiary/aromatic N) is 1. The average molecular weight is 427 g/mol. The third kappa shape index (κ3) is 4.76. The van der Waals surface area contributed by atoms with E-state index in [9.17, 15) is 9.59 Å². The zero-order chi connectivity index (χ0) is 22.5. The van der Waals surface area contributed by atoms with Crippen molar-refractivity contribution in [3.8, 4) is 17.2 Å². The number of ether oxygens (including phenoxy) is 3. The molecular formula is C24H30N2O5. The molecule has 2 aromatic rings. The largest absolute Gasteiger partial charge is 0.493 e. The van der Waals surface area contributed by atoms with Crippen LogP contribution < -0.4 is 19.5 Å². The van der Waals surface area contributed by atoms with Crippen LogP contribution in [0.5, 0.6) is 17.2 Å². The van der Waals surface area contributed by atoms with Crippen LogP contribution in [0.1, 0.15) is 53.8 Å². The number of methoxy groups -OCH3 is 3. The van der Waals surface area contributed by atoms with Crippen molar-refractivity contribution < 1.29 is 23.8 Å². The van der Waals surface area contributed by atoms with Crippen LogP contribution in [-0.4, -0.2) is 50.1 Å². The molecule has 1 aliphatic rings. The lowest BCUT2D eigenvalue weighted by atomic mass is 9.96. The SMILES string of the molecule is COc1cc(C(=O)Nc2ccc(C(=O)N3C(C)CCCC3C)cc2)cc(OC)c1OC. The van der Waals surface area contributed by atoms with Crippen LogP contribution in [0.3, 0.4) is 0 Å². The van der Waals surface area contributed by atoms with E-state index in [1.54, 1.807) is 36.4 Å². The summed E-state index contributed by atoms with van der Waals surface area (Å²) in [6.45, 7) is 4.19. The molecule has 7 nitrogen and oxygen atoms in total. The number of piperidine rings is 1. The molecule has 31 heavy (non-hydrogen) atoms. The van der Waals surface area contributed by atoms with Gasteiger partial charge < -0.3 is 24.4 Å². The van der Waals surface area contributed by atoms with Crippen molar-refractivity contribution in [2.45, 2.75) is 45.2 Å².